The van der Waals surface area contributed by atoms with Crippen molar-refractivity contribution >= 4 is 17.5 Å². The van der Waals surface area contributed by atoms with Crippen LogP contribution in [0.4, 0.5) is 5.69 Å². The zero-order chi connectivity index (χ0) is 17.6. The molecule has 2 aromatic carbocycles. The van der Waals surface area contributed by atoms with Crippen molar-refractivity contribution < 1.29 is 14.7 Å². The number of carbonyl (C=O) groups excluding carboxylic acids is 2. The van der Waals surface area contributed by atoms with Gasteiger partial charge in [0, 0.05) is 30.8 Å². The second-order valence-corrected chi connectivity index (χ2v) is 6.18. The summed E-state index contributed by atoms with van der Waals surface area (Å²) in [6.07, 6.45) is 2.22. The molecule has 5 heteroatoms. The lowest BCUT2D eigenvalue weighted by Crippen LogP contribution is -2.26. The SMILES string of the molecule is O=C(NCCc1ccc(CO)cc1)c1ccc(N2CCCC2=O)cc1. The fourth-order valence-corrected chi connectivity index (χ4v) is 2.95. The van der Waals surface area contributed by atoms with E-state index in [4.69, 9.17) is 5.11 Å². The summed E-state index contributed by atoms with van der Waals surface area (Å²) in [7, 11) is 0. The van der Waals surface area contributed by atoms with E-state index >= 15 is 0 Å². The number of carbonyl (C=O) groups is 2. The molecule has 0 aliphatic carbocycles. The number of nitrogens with zero attached hydrogens (tertiary/aromatic N) is 1. The van der Waals surface area contributed by atoms with Crippen LogP contribution in [0.15, 0.2) is 48.5 Å². The molecule has 130 valence electrons. The van der Waals surface area contributed by atoms with Crippen LogP contribution >= 0.6 is 0 Å². The van der Waals surface area contributed by atoms with E-state index in [9.17, 15) is 9.59 Å². The third kappa shape index (κ3) is 4.25. The summed E-state index contributed by atoms with van der Waals surface area (Å²) in [4.78, 5) is 25.7. The predicted molar refractivity (Wildman–Crippen MR) is 96.4 cm³/mol. The Hall–Kier alpha value is -2.66. The molecule has 3 rings (SSSR count). The monoisotopic (exact) mass is 338 g/mol. The highest BCUT2D eigenvalue weighted by Crippen LogP contribution is 2.21. The average molecular weight is 338 g/mol. The van der Waals surface area contributed by atoms with Crippen molar-refractivity contribution in [2.75, 3.05) is 18.0 Å². The van der Waals surface area contributed by atoms with Crippen LogP contribution in [0.1, 0.15) is 34.3 Å². The number of rotatable bonds is 6. The molecule has 0 spiro atoms. The third-order valence-electron chi connectivity index (χ3n) is 4.42. The van der Waals surface area contributed by atoms with Crippen molar-refractivity contribution in [3.8, 4) is 0 Å². The van der Waals surface area contributed by atoms with Gasteiger partial charge in [-0.25, -0.2) is 0 Å². The molecule has 2 aromatic rings. The fourth-order valence-electron chi connectivity index (χ4n) is 2.95. The van der Waals surface area contributed by atoms with Crippen LogP contribution < -0.4 is 10.2 Å². The zero-order valence-electron chi connectivity index (χ0n) is 14.1. The predicted octanol–water partition coefficient (Wildman–Crippen LogP) is 2.28. The molecule has 0 radical (unpaired) electrons. The van der Waals surface area contributed by atoms with Gasteiger partial charge in [0.15, 0.2) is 0 Å². The van der Waals surface area contributed by atoms with Crippen LogP contribution in [0.5, 0.6) is 0 Å². The van der Waals surface area contributed by atoms with Gasteiger partial charge in [0.25, 0.3) is 5.91 Å². The molecule has 2 N–H and O–H groups in total. The zero-order valence-corrected chi connectivity index (χ0v) is 14.1. The molecule has 0 saturated carbocycles. The first kappa shape index (κ1) is 17.2. The summed E-state index contributed by atoms with van der Waals surface area (Å²) in [5.41, 5.74) is 3.43. The molecular formula is C20H22N2O3. The molecule has 1 aliphatic heterocycles. The van der Waals surface area contributed by atoms with Crippen LogP contribution in [0.3, 0.4) is 0 Å². The third-order valence-corrected chi connectivity index (χ3v) is 4.42. The highest BCUT2D eigenvalue weighted by molar-refractivity contribution is 5.97. The largest absolute Gasteiger partial charge is 0.392 e. The van der Waals surface area contributed by atoms with Gasteiger partial charge in [-0.3, -0.25) is 9.59 Å². The second kappa shape index (κ2) is 7.94. The van der Waals surface area contributed by atoms with Gasteiger partial charge in [-0.15, -0.1) is 0 Å². The van der Waals surface area contributed by atoms with Crippen LogP contribution in [0, 0.1) is 0 Å². The number of hydrogen-bond donors (Lipinski definition) is 2. The molecule has 0 aromatic heterocycles. The van der Waals surface area contributed by atoms with Crippen molar-refractivity contribution in [3.05, 3.63) is 65.2 Å². The topological polar surface area (TPSA) is 69.6 Å². The van der Waals surface area contributed by atoms with Crippen molar-refractivity contribution in [2.45, 2.75) is 25.9 Å². The number of hydrogen-bond acceptors (Lipinski definition) is 3. The van der Waals surface area contributed by atoms with Crippen molar-refractivity contribution in [2.24, 2.45) is 0 Å². The van der Waals surface area contributed by atoms with Gasteiger partial charge in [-0.1, -0.05) is 24.3 Å². The fraction of sp³-hybridized carbons (Fsp3) is 0.300. The lowest BCUT2D eigenvalue weighted by Gasteiger charge is -2.15. The highest BCUT2D eigenvalue weighted by Gasteiger charge is 2.21. The average Bonchev–Trinajstić information content (AvgIpc) is 3.08. The summed E-state index contributed by atoms with van der Waals surface area (Å²) in [6, 6.07) is 14.8. The van der Waals surface area contributed by atoms with E-state index in [1.807, 2.05) is 36.4 Å². The lowest BCUT2D eigenvalue weighted by atomic mass is 10.1. The van der Waals surface area contributed by atoms with Crippen molar-refractivity contribution in [1.82, 2.24) is 5.32 Å². The number of aliphatic hydroxyl groups excluding tert-OH is 1. The number of nitrogens with one attached hydrogen (secondary N) is 1. The van der Waals surface area contributed by atoms with Crippen LogP contribution in [0.2, 0.25) is 0 Å². The maximum Gasteiger partial charge on any atom is 0.251 e. The Kier molecular flexibility index (Phi) is 5.46. The molecule has 0 unspecified atom stereocenters. The lowest BCUT2D eigenvalue weighted by molar-refractivity contribution is -0.117. The van der Waals surface area contributed by atoms with Gasteiger partial charge in [0.05, 0.1) is 6.61 Å². The van der Waals surface area contributed by atoms with Gasteiger partial charge < -0.3 is 15.3 Å². The molecule has 2 amide bonds. The summed E-state index contributed by atoms with van der Waals surface area (Å²) in [5, 5.41) is 11.9. The normalized spacial score (nSPS) is 14.0. The minimum absolute atomic E-state index is 0.0377. The second-order valence-electron chi connectivity index (χ2n) is 6.18. The van der Waals surface area contributed by atoms with Crippen LogP contribution in [0.25, 0.3) is 0 Å². The summed E-state index contributed by atoms with van der Waals surface area (Å²) in [5.74, 6) is 0.0238. The Bertz CT molecular complexity index is 739. The maximum atomic E-state index is 12.2. The molecule has 1 heterocycles. The van der Waals surface area contributed by atoms with Crippen molar-refractivity contribution in [1.29, 1.82) is 0 Å². The number of benzene rings is 2. The quantitative estimate of drug-likeness (QED) is 0.849. The summed E-state index contributed by atoms with van der Waals surface area (Å²) < 4.78 is 0. The van der Waals surface area contributed by atoms with Gasteiger partial charge in [-0.05, 0) is 48.2 Å². The molecule has 1 fully saturated rings. The number of aliphatic hydroxyl groups is 1. The molecule has 1 saturated heterocycles. The molecular weight excluding hydrogens is 316 g/mol. The van der Waals surface area contributed by atoms with Crippen LogP contribution in [-0.2, 0) is 17.8 Å². The first-order chi connectivity index (χ1) is 12.2. The Morgan fingerprint density at radius 3 is 2.32 bits per heavy atom. The summed E-state index contributed by atoms with van der Waals surface area (Å²) in [6.45, 7) is 1.33. The minimum atomic E-state index is -0.119. The molecule has 0 bridgehead atoms. The van der Waals surface area contributed by atoms with Gasteiger partial charge >= 0.3 is 0 Å². The molecule has 5 nitrogen and oxygen atoms in total. The molecule has 1 aliphatic rings. The Morgan fingerprint density at radius 2 is 1.72 bits per heavy atom. The van der Waals surface area contributed by atoms with E-state index in [-0.39, 0.29) is 18.4 Å². The Balaban J connectivity index is 1.51. The van der Waals surface area contributed by atoms with E-state index in [0.717, 1.165) is 36.2 Å². The summed E-state index contributed by atoms with van der Waals surface area (Å²) >= 11 is 0. The van der Waals surface area contributed by atoms with E-state index < -0.39 is 0 Å². The number of anilines is 1. The van der Waals surface area contributed by atoms with Gasteiger partial charge in [-0.2, -0.15) is 0 Å². The van der Waals surface area contributed by atoms with Gasteiger partial charge in [0.2, 0.25) is 5.91 Å². The van der Waals surface area contributed by atoms with Crippen LogP contribution in [-0.4, -0.2) is 30.0 Å². The van der Waals surface area contributed by atoms with E-state index in [2.05, 4.69) is 5.32 Å². The van der Waals surface area contributed by atoms with E-state index in [0.29, 0.717) is 18.5 Å². The Morgan fingerprint density at radius 1 is 1.04 bits per heavy atom. The minimum Gasteiger partial charge on any atom is -0.392 e. The standard InChI is InChI=1S/C20H22N2O3/c23-14-16-5-3-15(4-6-16)11-12-21-20(25)17-7-9-18(10-8-17)22-13-1-2-19(22)24/h3-10,23H,1-2,11-14H2,(H,21,25). The van der Waals surface area contributed by atoms with Crippen molar-refractivity contribution in [3.63, 3.8) is 0 Å². The number of amides is 2. The smallest absolute Gasteiger partial charge is 0.251 e. The first-order valence-corrected chi connectivity index (χ1v) is 8.54. The first-order valence-electron chi connectivity index (χ1n) is 8.54. The molecule has 0 atom stereocenters. The highest BCUT2D eigenvalue weighted by atomic mass is 16.3. The van der Waals surface area contributed by atoms with E-state index in [1.165, 1.54) is 0 Å². The maximum absolute atomic E-state index is 12.2. The van der Waals surface area contributed by atoms with E-state index in [1.54, 1.807) is 17.0 Å². The van der Waals surface area contributed by atoms with Gasteiger partial charge in [0.1, 0.15) is 0 Å². The Labute approximate surface area is 147 Å². The molecule has 25 heavy (non-hydrogen) atoms.